The van der Waals surface area contributed by atoms with Gasteiger partial charge in [-0.3, -0.25) is 9.48 Å². The number of rotatable bonds is 2. The molecule has 1 fully saturated rings. The minimum Gasteiger partial charge on any atom is -0.338 e. The minimum absolute atomic E-state index is 0.0511. The molecule has 1 amide bonds. The van der Waals surface area contributed by atoms with Crippen molar-refractivity contribution in [2.24, 2.45) is 7.05 Å². The van der Waals surface area contributed by atoms with E-state index in [1.54, 1.807) is 18.1 Å². The smallest absolute Gasteiger partial charge is 0.338 e. The number of aromatic nitrogens is 2. The number of likely N-dealkylation sites (tertiary alicyclic amines) is 1. The first-order chi connectivity index (χ1) is 11.8. The molecule has 0 saturated carbocycles. The average Bonchev–Trinajstić information content (AvgIpc) is 3.00. The molecule has 0 radical (unpaired) electrons. The normalized spacial score (nSPS) is 18.4. The molecule has 1 aromatic heterocycles. The number of benzene rings is 1. The Hall–Kier alpha value is -2.02. The second-order valence-electron chi connectivity index (χ2n) is 6.22. The number of alkyl halides is 3. The molecule has 8 heteroatoms. The Balaban J connectivity index is 1.86. The monoisotopic (exact) mass is 371 g/mol. The summed E-state index contributed by atoms with van der Waals surface area (Å²) in [4.78, 5) is 14.2. The fourth-order valence-corrected chi connectivity index (χ4v) is 3.43. The molecule has 3 rings (SSSR count). The summed E-state index contributed by atoms with van der Waals surface area (Å²) in [5.41, 5.74) is -0.0865. The quantitative estimate of drug-likeness (QED) is 0.796. The molecule has 0 aliphatic carbocycles. The molecule has 0 bridgehead atoms. The predicted octanol–water partition coefficient (Wildman–Crippen LogP) is 4.11. The number of nitrogens with zero attached hydrogens (tertiary/aromatic N) is 3. The molecular formula is C17H17ClF3N3O. The first kappa shape index (κ1) is 17.8. The van der Waals surface area contributed by atoms with Gasteiger partial charge in [-0.25, -0.2) is 0 Å². The van der Waals surface area contributed by atoms with Crippen molar-refractivity contribution in [3.05, 3.63) is 52.3 Å². The number of hydrogen-bond acceptors (Lipinski definition) is 2. The zero-order valence-corrected chi connectivity index (χ0v) is 14.3. The van der Waals surface area contributed by atoms with Gasteiger partial charge in [0.05, 0.1) is 17.3 Å². The Bertz CT molecular complexity index is 788. The van der Waals surface area contributed by atoms with E-state index in [9.17, 15) is 18.0 Å². The molecule has 0 spiro atoms. The summed E-state index contributed by atoms with van der Waals surface area (Å²) in [6, 6.07) is 3.85. The lowest BCUT2D eigenvalue weighted by Gasteiger charge is -2.34. The molecule has 0 N–H and O–H groups in total. The largest absolute Gasteiger partial charge is 0.416 e. The van der Waals surface area contributed by atoms with Gasteiger partial charge < -0.3 is 4.90 Å². The highest BCUT2D eigenvalue weighted by Crippen LogP contribution is 2.39. The first-order valence-electron chi connectivity index (χ1n) is 7.90. The van der Waals surface area contributed by atoms with Gasteiger partial charge in [-0.1, -0.05) is 17.7 Å². The van der Waals surface area contributed by atoms with E-state index in [2.05, 4.69) is 5.10 Å². The summed E-state index contributed by atoms with van der Waals surface area (Å²) in [5, 5.41) is 4.02. The Kier molecular flexibility index (Phi) is 4.77. The van der Waals surface area contributed by atoms with Gasteiger partial charge in [-0.05, 0) is 30.5 Å². The predicted molar refractivity (Wildman–Crippen MR) is 87.5 cm³/mol. The molecule has 1 atom stereocenters. The number of carbonyl (C=O) groups is 1. The molecule has 1 unspecified atom stereocenters. The minimum atomic E-state index is -4.48. The highest BCUT2D eigenvalue weighted by molar-refractivity contribution is 6.30. The standard InChI is InChI=1S/C17H17ClF3N3O/c1-23-9-12(8-22-23)16(25)24-6-2-3-11(10-24)14-5-4-13(18)7-15(14)17(19,20)21/h4-5,7-9,11H,2-3,6,10H2,1H3. The maximum atomic E-state index is 13.4. The number of halogens is 4. The molecule has 1 aromatic carbocycles. The van der Waals surface area contributed by atoms with Crippen molar-refractivity contribution in [2.75, 3.05) is 13.1 Å². The van der Waals surface area contributed by atoms with Crippen molar-refractivity contribution in [3.63, 3.8) is 0 Å². The van der Waals surface area contributed by atoms with Crippen LogP contribution < -0.4 is 0 Å². The van der Waals surface area contributed by atoms with Crippen molar-refractivity contribution in [1.29, 1.82) is 0 Å². The highest BCUT2D eigenvalue weighted by atomic mass is 35.5. The van der Waals surface area contributed by atoms with E-state index in [0.29, 0.717) is 24.9 Å². The van der Waals surface area contributed by atoms with Crippen molar-refractivity contribution < 1.29 is 18.0 Å². The topological polar surface area (TPSA) is 38.1 Å². The Morgan fingerprint density at radius 3 is 2.76 bits per heavy atom. The van der Waals surface area contributed by atoms with Gasteiger partial charge >= 0.3 is 6.18 Å². The van der Waals surface area contributed by atoms with E-state index in [1.165, 1.54) is 23.0 Å². The molecule has 1 aliphatic rings. The van der Waals surface area contributed by atoms with Crippen LogP contribution >= 0.6 is 11.6 Å². The van der Waals surface area contributed by atoms with Gasteiger partial charge in [0.25, 0.3) is 5.91 Å². The van der Waals surface area contributed by atoms with Crippen LogP contribution in [0.25, 0.3) is 0 Å². The van der Waals surface area contributed by atoms with Gasteiger partial charge in [0.15, 0.2) is 0 Å². The van der Waals surface area contributed by atoms with E-state index < -0.39 is 11.7 Å². The molecule has 2 heterocycles. The second-order valence-corrected chi connectivity index (χ2v) is 6.66. The molecule has 1 aliphatic heterocycles. The van der Waals surface area contributed by atoms with Crippen LogP contribution in [0.15, 0.2) is 30.6 Å². The Morgan fingerprint density at radius 2 is 2.12 bits per heavy atom. The third-order valence-corrected chi connectivity index (χ3v) is 4.66. The summed E-state index contributed by atoms with van der Waals surface area (Å²) in [6.07, 6.45) is -0.154. The maximum Gasteiger partial charge on any atom is 0.416 e. The van der Waals surface area contributed by atoms with Gasteiger partial charge in [0.2, 0.25) is 0 Å². The lowest BCUT2D eigenvalue weighted by molar-refractivity contribution is -0.138. The van der Waals surface area contributed by atoms with Crippen LogP contribution in [0.2, 0.25) is 5.02 Å². The van der Waals surface area contributed by atoms with Crippen LogP contribution in [-0.4, -0.2) is 33.7 Å². The molecular weight excluding hydrogens is 355 g/mol. The van der Waals surface area contributed by atoms with Gasteiger partial charge in [0, 0.05) is 37.3 Å². The van der Waals surface area contributed by atoms with Crippen LogP contribution in [0.3, 0.4) is 0 Å². The zero-order valence-electron chi connectivity index (χ0n) is 13.6. The van der Waals surface area contributed by atoms with Crippen molar-refractivity contribution in [2.45, 2.75) is 24.9 Å². The van der Waals surface area contributed by atoms with Crippen molar-refractivity contribution in [3.8, 4) is 0 Å². The van der Waals surface area contributed by atoms with E-state index >= 15 is 0 Å². The van der Waals surface area contributed by atoms with Crippen LogP contribution in [0, 0.1) is 0 Å². The summed E-state index contributed by atoms with van der Waals surface area (Å²) < 4.78 is 41.6. The Labute approximate surface area is 148 Å². The lowest BCUT2D eigenvalue weighted by atomic mass is 9.87. The first-order valence-corrected chi connectivity index (χ1v) is 8.28. The number of carbonyl (C=O) groups excluding carboxylic acids is 1. The number of piperidine rings is 1. The number of aryl methyl sites for hydroxylation is 1. The summed E-state index contributed by atoms with van der Waals surface area (Å²) >= 11 is 5.75. The van der Waals surface area contributed by atoms with E-state index in [-0.39, 0.29) is 29.0 Å². The van der Waals surface area contributed by atoms with Crippen LogP contribution in [0.4, 0.5) is 13.2 Å². The third-order valence-electron chi connectivity index (χ3n) is 4.42. The molecule has 2 aromatic rings. The van der Waals surface area contributed by atoms with Crippen molar-refractivity contribution >= 4 is 17.5 Å². The van der Waals surface area contributed by atoms with E-state index in [4.69, 9.17) is 11.6 Å². The molecule has 4 nitrogen and oxygen atoms in total. The third kappa shape index (κ3) is 3.81. The fraction of sp³-hybridized carbons (Fsp3) is 0.412. The fourth-order valence-electron chi connectivity index (χ4n) is 3.26. The SMILES string of the molecule is Cn1cc(C(=O)N2CCCC(c3ccc(Cl)cc3C(F)(F)F)C2)cn1. The maximum absolute atomic E-state index is 13.4. The molecule has 25 heavy (non-hydrogen) atoms. The van der Waals surface area contributed by atoms with Gasteiger partial charge in [-0.15, -0.1) is 0 Å². The Morgan fingerprint density at radius 1 is 1.36 bits per heavy atom. The summed E-state index contributed by atoms with van der Waals surface area (Å²) in [7, 11) is 1.71. The second kappa shape index (κ2) is 6.71. The van der Waals surface area contributed by atoms with E-state index in [1.807, 2.05) is 0 Å². The van der Waals surface area contributed by atoms with Crippen LogP contribution in [-0.2, 0) is 13.2 Å². The van der Waals surface area contributed by atoms with E-state index in [0.717, 1.165) is 6.07 Å². The molecule has 134 valence electrons. The average molecular weight is 372 g/mol. The van der Waals surface area contributed by atoms with Crippen molar-refractivity contribution in [1.82, 2.24) is 14.7 Å². The summed E-state index contributed by atoms with van der Waals surface area (Å²) in [6.45, 7) is 0.775. The van der Waals surface area contributed by atoms with Gasteiger partial charge in [0.1, 0.15) is 0 Å². The summed E-state index contributed by atoms with van der Waals surface area (Å²) in [5.74, 6) is -0.580. The molecule has 1 saturated heterocycles. The number of hydrogen-bond donors (Lipinski definition) is 0. The highest BCUT2D eigenvalue weighted by Gasteiger charge is 2.37. The zero-order chi connectivity index (χ0) is 18.2. The van der Waals surface area contributed by atoms with Crippen LogP contribution in [0.1, 0.15) is 40.2 Å². The lowest BCUT2D eigenvalue weighted by Crippen LogP contribution is -2.39. The van der Waals surface area contributed by atoms with Crippen LogP contribution in [0.5, 0.6) is 0 Å². The number of amides is 1. The van der Waals surface area contributed by atoms with Gasteiger partial charge in [-0.2, -0.15) is 18.3 Å².